The van der Waals surface area contributed by atoms with Crippen LogP contribution in [0.5, 0.6) is 0 Å². The third-order valence-electron chi connectivity index (χ3n) is 3.47. The van der Waals surface area contributed by atoms with Gasteiger partial charge in [-0.25, -0.2) is 0 Å². The minimum absolute atomic E-state index is 0.0332. The third-order valence-corrected chi connectivity index (χ3v) is 3.47. The summed E-state index contributed by atoms with van der Waals surface area (Å²) in [5.74, 6) is 6.72. The minimum Gasteiger partial charge on any atom is -0.384 e. The molecule has 1 aliphatic rings. The molecule has 0 aliphatic heterocycles. The van der Waals surface area contributed by atoms with Gasteiger partial charge in [0.15, 0.2) is 0 Å². The number of benzene rings is 1. The highest BCUT2D eigenvalue weighted by atomic mass is 16.2. The van der Waals surface area contributed by atoms with Gasteiger partial charge in [-0.05, 0) is 48.9 Å². The van der Waals surface area contributed by atoms with Crippen LogP contribution in [0, 0.1) is 23.7 Å². The van der Waals surface area contributed by atoms with E-state index in [1.165, 1.54) is 12.8 Å². The average molecular weight is 257 g/mol. The van der Waals surface area contributed by atoms with Crippen LogP contribution in [-0.2, 0) is 0 Å². The lowest BCUT2D eigenvalue weighted by Crippen LogP contribution is -2.28. The highest BCUT2D eigenvalue weighted by Gasteiger charge is 2.27. The van der Waals surface area contributed by atoms with E-state index in [9.17, 15) is 4.79 Å². The Morgan fingerprint density at radius 2 is 2.11 bits per heavy atom. The lowest BCUT2D eigenvalue weighted by molar-refractivity contribution is 0.0946. The molecule has 2 N–H and O–H groups in total. The van der Waals surface area contributed by atoms with E-state index < -0.39 is 0 Å². The molecule has 1 amide bonds. The van der Waals surface area contributed by atoms with Crippen molar-refractivity contribution in [2.24, 2.45) is 11.8 Å². The molecule has 1 aliphatic carbocycles. The molecule has 0 saturated heterocycles. The van der Waals surface area contributed by atoms with Crippen molar-refractivity contribution in [2.75, 3.05) is 13.2 Å². The molecule has 3 nitrogen and oxygen atoms in total. The lowest BCUT2D eigenvalue weighted by Gasteiger charge is -2.11. The van der Waals surface area contributed by atoms with Gasteiger partial charge in [-0.1, -0.05) is 18.8 Å². The summed E-state index contributed by atoms with van der Waals surface area (Å²) in [5.41, 5.74) is 1.45. The highest BCUT2D eigenvalue weighted by molar-refractivity contribution is 5.94. The molecule has 1 aromatic rings. The number of amides is 1. The number of hydrogen-bond donors (Lipinski definition) is 2. The van der Waals surface area contributed by atoms with Crippen molar-refractivity contribution in [3.05, 3.63) is 35.4 Å². The maximum atomic E-state index is 11.9. The second-order valence-corrected chi connectivity index (χ2v) is 5.06. The molecule has 0 heterocycles. The van der Waals surface area contributed by atoms with Gasteiger partial charge in [0.25, 0.3) is 5.91 Å². The molecule has 1 unspecified atom stereocenters. The molecule has 1 atom stereocenters. The number of aliphatic hydroxyl groups is 1. The van der Waals surface area contributed by atoms with Crippen molar-refractivity contribution in [1.82, 2.24) is 5.32 Å². The van der Waals surface area contributed by atoms with Gasteiger partial charge in [0.1, 0.15) is 6.61 Å². The highest BCUT2D eigenvalue weighted by Crippen LogP contribution is 2.36. The van der Waals surface area contributed by atoms with Gasteiger partial charge in [-0.3, -0.25) is 4.79 Å². The molecular weight excluding hydrogens is 238 g/mol. The van der Waals surface area contributed by atoms with Gasteiger partial charge < -0.3 is 10.4 Å². The van der Waals surface area contributed by atoms with E-state index in [1.54, 1.807) is 24.3 Å². The molecular formula is C16H19NO2. The zero-order valence-electron chi connectivity index (χ0n) is 11.1. The smallest absolute Gasteiger partial charge is 0.251 e. The van der Waals surface area contributed by atoms with Gasteiger partial charge in [0.05, 0.1) is 0 Å². The largest absolute Gasteiger partial charge is 0.384 e. The van der Waals surface area contributed by atoms with Crippen molar-refractivity contribution in [3.8, 4) is 11.8 Å². The van der Waals surface area contributed by atoms with Crippen molar-refractivity contribution in [2.45, 2.75) is 19.8 Å². The molecule has 2 rings (SSSR count). The van der Waals surface area contributed by atoms with Gasteiger partial charge in [0.2, 0.25) is 0 Å². The van der Waals surface area contributed by atoms with Crippen LogP contribution in [0.15, 0.2) is 24.3 Å². The van der Waals surface area contributed by atoms with Gasteiger partial charge >= 0.3 is 0 Å². The van der Waals surface area contributed by atoms with Crippen LogP contribution in [0.4, 0.5) is 0 Å². The molecule has 0 radical (unpaired) electrons. The van der Waals surface area contributed by atoms with Crippen LogP contribution in [0.1, 0.15) is 35.7 Å². The van der Waals surface area contributed by atoms with Crippen molar-refractivity contribution < 1.29 is 9.90 Å². The first-order valence-electron chi connectivity index (χ1n) is 6.68. The molecule has 0 spiro atoms. The third kappa shape index (κ3) is 4.11. The molecule has 19 heavy (non-hydrogen) atoms. The molecule has 0 bridgehead atoms. The zero-order chi connectivity index (χ0) is 13.7. The summed E-state index contributed by atoms with van der Waals surface area (Å²) in [5, 5.41) is 11.6. The number of carbonyl (C=O) groups is 1. The zero-order valence-corrected chi connectivity index (χ0v) is 11.1. The maximum absolute atomic E-state index is 11.9. The Kier molecular flexibility index (Phi) is 4.59. The first kappa shape index (κ1) is 13.6. The van der Waals surface area contributed by atoms with E-state index in [4.69, 9.17) is 5.11 Å². The summed E-state index contributed by atoms with van der Waals surface area (Å²) in [4.78, 5) is 11.9. The fourth-order valence-corrected chi connectivity index (χ4v) is 2.03. The van der Waals surface area contributed by atoms with Gasteiger partial charge in [-0.2, -0.15) is 0 Å². The minimum atomic E-state index is -0.151. The Balaban J connectivity index is 1.87. The van der Waals surface area contributed by atoms with E-state index >= 15 is 0 Å². The van der Waals surface area contributed by atoms with E-state index in [0.717, 1.165) is 18.0 Å². The molecule has 0 aromatic heterocycles. The van der Waals surface area contributed by atoms with Crippen LogP contribution in [-0.4, -0.2) is 24.2 Å². The summed E-state index contributed by atoms with van der Waals surface area (Å²) < 4.78 is 0. The molecule has 3 heteroatoms. The first-order valence-corrected chi connectivity index (χ1v) is 6.68. The Morgan fingerprint density at radius 1 is 1.42 bits per heavy atom. The number of carbonyl (C=O) groups excluding carboxylic acids is 1. The second-order valence-electron chi connectivity index (χ2n) is 5.06. The predicted octanol–water partition coefficient (Wildman–Crippen LogP) is 1.81. The van der Waals surface area contributed by atoms with Crippen LogP contribution in [0.3, 0.4) is 0 Å². The number of nitrogens with one attached hydrogen (secondary N) is 1. The standard InChI is InChI=1S/C16H19NO2/c1-12(14-8-9-14)11-17-16(19)15-6-4-13(5-7-15)3-2-10-18/h4-7,12,14,18H,8-11H2,1H3,(H,17,19). The molecule has 1 saturated carbocycles. The van der Waals surface area contributed by atoms with Crippen molar-refractivity contribution >= 4 is 5.91 Å². The Labute approximate surface area is 114 Å². The number of hydrogen-bond acceptors (Lipinski definition) is 2. The first-order chi connectivity index (χ1) is 9.20. The molecule has 1 fully saturated rings. The summed E-state index contributed by atoms with van der Waals surface area (Å²) in [6.07, 6.45) is 2.60. The lowest BCUT2D eigenvalue weighted by atomic mass is 10.1. The van der Waals surface area contributed by atoms with Crippen LogP contribution >= 0.6 is 0 Å². The number of aliphatic hydroxyl groups excluding tert-OH is 1. The van der Waals surface area contributed by atoms with Gasteiger partial charge in [-0.15, -0.1) is 0 Å². The van der Waals surface area contributed by atoms with Gasteiger partial charge in [0, 0.05) is 17.7 Å². The Bertz CT molecular complexity index is 492. The molecule has 1 aromatic carbocycles. The van der Waals surface area contributed by atoms with Crippen LogP contribution in [0.2, 0.25) is 0 Å². The summed E-state index contributed by atoms with van der Waals surface area (Å²) >= 11 is 0. The van der Waals surface area contributed by atoms with Crippen LogP contribution < -0.4 is 5.32 Å². The maximum Gasteiger partial charge on any atom is 0.251 e. The fourth-order valence-electron chi connectivity index (χ4n) is 2.03. The van der Waals surface area contributed by atoms with Crippen molar-refractivity contribution in [3.63, 3.8) is 0 Å². The van der Waals surface area contributed by atoms with Crippen LogP contribution in [0.25, 0.3) is 0 Å². The summed E-state index contributed by atoms with van der Waals surface area (Å²) in [7, 11) is 0. The van der Waals surface area contributed by atoms with E-state index in [-0.39, 0.29) is 12.5 Å². The summed E-state index contributed by atoms with van der Waals surface area (Å²) in [6.45, 7) is 2.78. The normalized spacial score (nSPS) is 15.3. The predicted molar refractivity (Wildman–Crippen MR) is 74.6 cm³/mol. The Morgan fingerprint density at radius 3 is 2.68 bits per heavy atom. The van der Waals surface area contributed by atoms with E-state index in [0.29, 0.717) is 11.5 Å². The Hall–Kier alpha value is -1.79. The van der Waals surface area contributed by atoms with E-state index in [1.807, 2.05) is 0 Å². The second kappa shape index (κ2) is 6.40. The topological polar surface area (TPSA) is 49.3 Å². The van der Waals surface area contributed by atoms with E-state index in [2.05, 4.69) is 24.1 Å². The van der Waals surface area contributed by atoms with Crippen molar-refractivity contribution in [1.29, 1.82) is 0 Å². The molecule has 100 valence electrons. The summed E-state index contributed by atoms with van der Waals surface area (Å²) in [6, 6.07) is 7.11. The number of rotatable bonds is 4. The quantitative estimate of drug-likeness (QED) is 0.808. The monoisotopic (exact) mass is 257 g/mol. The SMILES string of the molecule is CC(CNC(=O)c1ccc(C#CCO)cc1)C1CC1. The fraction of sp³-hybridized carbons (Fsp3) is 0.438. The average Bonchev–Trinajstić information content (AvgIpc) is 3.27.